The average Bonchev–Trinajstić information content (AvgIpc) is 3.19. The van der Waals surface area contributed by atoms with E-state index in [1.165, 1.54) is 12.5 Å². The molecule has 2 fully saturated rings. The third kappa shape index (κ3) is 3.44. The average molecular weight is 412 g/mol. The third-order valence-electron chi connectivity index (χ3n) is 7.28. The van der Waals surface area contributed by atoms with E-state index in [1.54, 1.807) is 6.07 Å². The van der Waals surface area contributed by atoms with Gasteiger partial charge in [0.1, 0.15) is 11.9 Å². The number of carbonyl (C=O) groups excluding carboxylic acids is 1. The summed E-state index contributed by atoms with van der Waals surface area (Å²) in [5.41, 5.74) is 1.69. The maximum atomic E-state index is 14.1. The van der Waals surface area contributed by atoms with Gasteiger partial charge in [0.05, 0.1) is 23.8 Å². The highest BCUT2D eigenvalue weighted by Gasteiger charge is 2.46. The quantitative estimate of drug-likeness (QED) is 0.841. The normalized spacial score (nSPS) is 24.4. The first kappa shape index (κ1) is 19.7. The number of amides is 1. The molecule has 1 atom stereocenters. The number of aromatic nitrogens is 2. The van der Waals surface area contributed by atoms with Crippen LogP contribution in [0.3, 0.4) is 0 Å². The monoisotopic (exact) mass is 411 g/mol. The van der Waals surface area contributed by atoms with Crippen LogP contribution >= 0.6 is 0 Å². The summed E-state index contributed by atoms with van der Waals surface area (Å²) in [7, 11) is 2.05. The SMILES string of the molecule is CN1CC2(CCN(Cc3ccccc3F)CC2)n2cncc2[C@H]1C(=O)NC1CCC1. The Kier molecular flexibility index (Phi) is 5.11. The third-order valence-corrected chi connectivity index (χ3v) is 7.28. The fraction of sp³-hybridized carbons (Fsp3) is 0.565. The Hall–Kier alpha value is -2.25. The van der Waals surface area contributed by atoms with Gasteiger partial charge in [-0.3, -0.25) is 14.6 Å². The molecule has 1 saturated heterocycles. The summed E-state index contributed by atoms with van der Waals surface area (Å²) in [5.74, 6) is -0.0387. The maximum absolute atomic E-state index is 14.1. The second-order valence-electron chi connectivity index (χ2n) is 9.23. The van der Waals surface area contributed by atoms with E-state index < -0.39 is 0 Å². The van der Waals surface area contributed by atoms with Gasteiger partial charge in [-0.1, -0.05) is 18.2 Å². The van der Waals surface area contributed by atoms with E-state index in [0.717, 1.165) is 56.6 Å². The summed E-state index contributed by atoms with van der Waals surface area (Å²) in [6.07, 6.45) is 9.06. The van der Waals surface area contributed by atoms with E-state index >= 15 is 0 Å². The van der Waals surface area contributed by atoms with Crippen molar-refractivity contribution < 1.29 is 9.18 Å². The van der Waals surface area contributed by atoms with Crippen LogP contribution in [0.2, 0.25) is 0 Å². The standard InChI is InChI=1S/C23H30FN5O/c1-27-15-23(9-11-28(12-10-23)14-17-5-2-3-8-19(17)24)29-16-25-13-20(29)21(27)22(30)26-18-6-4-7-18/h2-3,5,8,13,16,18,21H,4,6-7,9-12,14-15H2,1H3,(H,26,30)/t21-/m0/s1. The second kappa shape index (κ2) is 7.78. The fourth-order valence-electron chi connectivity index (χ4n) is 5.32. The highest BCUT2D eigenvalue weighted by Crippen LogP contribution is 2.40. The van der Waals surface area contributed by atoms with E-state index in [9.17, 15) is 9.18 Å². The summed E-state index contributed by atoms with van der Waals surface area (Å²) in [6, 6.07) is 7.08. The summed E-state index contributed by atoms with van der Waals surface area (Å²) in [5, 5.41) is 3.21. The van der Waals surface area contributed by atoms with Crippen molar-refractivity contribution >= 4 is 5.91 Å². The van der Waals surface area contributed by atoms with Crippen molar-refractivity contribution in [2.75, 3.05) is 26.7 Å². The zero-order valence-corrected chi connectivity index (χ0v) is 17.6. The van der Waals surface area contributed by atoms with Crippen LogP contribution in [0.1, 0.15) is 49.4 Å². The molecule has 160 valence electrons. The molecule has 3 aliphatic rings. The van der Waals surface area contributed by atoms with Crippen LogP contribution in [0.15, 0.2) is 36.8 Å². The van der Waals surface area contributed by atoms with Crippen LogP contribution in [0.4, 0.5) is 4.39 Å². The summed E-state index contributed by atoms with van der Waals surface area (Å²) in [4.78, 5) is 21.9. The second-order valence-corrected chi connectivity index (χ2v) is 9.23. The zero-order chi connectivity index (χ0) is 20.7. The molecule has 1 spiro atoms. The minimum absolute atomic E-state index is 0.0560. The minimum Gasteiger partial charge on any atom is -0.352 e. The molecule has 2 aromatic rings. The number of piperidine rings is 1. The molecule has 6 nitrogen and oxygen atoms in total. The number of likely N-dealkylation sites (tertiary alicyclic amines) is 1. The van der Waals surface area contributed by atoms with Gasteiger partial charge >= 0.3 is 0 Å². The van der Waals surface area contributed by atoms with Gasteiger partial charge in [-0.05, 0) is 45.2 Å². The Labute approximate surface area is 177 Å². The van der Waals surface area contributed by atoms with Gasteiger partial charge in [-0.2, -0.15) is 0 Å². The van der Waals surface area contributed by atoms with Gasteiger partial charge in [0, 0.05) is 37.8 Å². The zero-order valence-electron chi connectivity index (χ0n) is 17.6. The summed E-state index contributed by atoms with van der Waals surface area (Å²) >= 11 is 0. The van der Waals surface area contributed by atoms with E-state index in [-0.39, 0.29) is 23.3 Å². The van der Waals surface area contributed by atoms with Crippen LogP contribution in [0, 0.1) is 5.82 Å². The highest BCUT2D eigenvalue weighted by molar-refractivity contribution is 5.83. The van der Waals surface area contributed by atoms with Crippen molar-refractivity contribution in [3.05, 3.63) is 53.9 Å². The van der Waals surface area contributed by atoms with Crippen LogP contribution in [-0.2, 0) is 16.9 Å². The Morgan fingerprint density at radius 2 is 2.03 bits per heavy atom. The molecule has 2 aliphatic heterocycles. The Morgan fingerprint density at radius 1 is 1.27 bits per heavy atom. The van der Waals surface area contributed by atoms with Gasteiger partial charge in [0.15, 0.2) is 0 Å². The molecule has 0 unspecified atom stereocenters. The topological polar surface area (TPSA) is 53.4 Å². The van der Waals surface area contributed by atoms with Gasteiger partial charge in [0.2, 0.25) is 5.91 Å². The number of hydrogen-bond acceptors (Lipinski definition) is 4. The lowest BCUT2D eigenvalue weighted by Crippen LogP contribution is -2.58. The van der Waals surface area contributed by atoms with Crippen LogP contribution < -0.4 is 5.32 Å². The van der Waals surface area contributed by atoms with Crippen molar-refractivity contribution in [3.63, 3.8) is 0 Å². The first-order chi connectivity index (χ1) is 14.6. The van der Waals surface area contributed by atoms with Crippen molar-refractivity contribution in [2.45, 2.75) is 56.3 Å². The molecule has 1 aliphatic carbocycles. The van der Waals surface area contributed by atoms with Gasteiger partial charge in [0.25, 0.3) is 0 Å². The molecule has 30 heavy (non-hydrogen) atoms. The van der Waals surface area contributed by atoms with Crippen molar-refractivity contribution in [2.24, 2.45) is 0 Å². The smallest absolute Gasteiger partial charge is 0.243 e. The van der Waals surface area contributed by atoms with Gasteiger partial charge in [-0.25, -0.2) is 9.37 Å². The minimum atomic E-state index is -0.282. The molecular formula is C23H30FN5O. The molecule has 1 amide bonds. The van der Waals surface area contributed by atoms with Gasteiger partial charge in [-0.15, -0.1) is 0 Å². The number of carbonyl (C=O) groups is 1. The predicted molar refractivity (Wildman–Crippen MR) is 112 cm³/mol. The summed E-state index contributed by atoms with van der Waals surface area (Å²) < 4.78 is 16.3. The number of halogens is 1. The largest absolute Gasteiger partial charge is 0.352 e. The fourth-order valence-corrected chi connectivity index (χ4v) is 5.32. The number of nitrogens with zero attached hydrogens (tertiary/aromatic N) is 4. The predicted octanol–water partition coefficient (Wildman–Crippen LogP) is 2.67. The molecule has 5 rings (SSSR count). The lowest BCUT2D eigenvalue weighted by Gasteiger charge is -2.50. The van der Waals surface area contributed by atoms with E-state index in [4.69, 9.17) is 0 Å². The Bertz CT molecular complexity index is 916. The van der Waals surface area contributed by atoms with E-state index in [2.05, 4.69) is 31.7 Å². The molecule has 0 bridgehead atoms. The Balaban J connectivity index is 1.31. The first-order valence-corrected chi connectivity index (χ1v) is 11.0. The molecule has 0 radical (unpaired) electrons. The molecule has 1 aromatic heterocycles. The number of fused-ring (bicyclic) bond motifs is 2. The number of likely N-dealkylation sites (N-methyl/N-ethyl adjacent to an activating group) is 1. The van der Waals surface area contributed by atoms with E-state index in [0.29, 0.717) is 12.6 Å². The van der Waals surface area contributed by atoms with Gasteiger partial charge < -0.3 is 9.88 Å². The lowest BCUT2D eigenvalue weighted by molar-refractivity contribution is -0.129. The number of rotatable bonds is 4. The van der Waals surface area contributed by atoms with E-state index in [1.807, 2.05) is 24.7 Å². The van der Waals surface area contributed by atoms with Crippen molar-refractivity contribution in [1.82, 2.24) is 24.7 Å². The molecule has 3 heterocycles. The highest BCUT2D eigenvalue weighted by atomic mass is 19.1. The van der Waals surface area contributed by atoms with Crippen LogP contribution in [0.5, 0.6) is 0 Å². The maximum Gasteiger partial charge on any atom is 0.243 e. The molecular weight excluding hydrogens is 381 g/mol. The number of imidazole rings is 1. The van der Waals surface area contributed by atoms with Crippen molar-refractivity contribution in [1.29, 1.82) is 0 Å². The number of hydrogen-bond donors (Lipinski definition) is 1. The molecule has 1 N–H and O–H groups in total. The van der Waals surface area contributed by atoms with Crippen LogP contribution in [-0.4, -0.2) is 58.0 Å². The number of benzene rings is 1. The Morgan fingerprint density at radius 3 is 2.73 bits per heavy atom. The van der Waals surface area contributed by atoms with Crippen molar-refractivity contribution in [3.8, 4) is 0 Å². The summed E-state index contributed by atoms with van der Waals surface area (Å²) in [6.45, 7) is 3.27. The lowest BCUT2D eigenvalue weighted by atomic mass is 9.83. The molecule has 1 saturated carbocycles. The number of nitrogens with one attached hydrogen (secondary N) is 1. The first-order valence-electron chi connectivity index (χ1n) is 11.0. The molecule has 7 heteroatoms. The molecule has 1 aromatic carbocycles. The van der Waals surface area contributed by atoms with Crippen LogP contribution in [0.25, 0.3) is 0 Å².